The minimum atomic E-state index is 0.178. The van der Waals surface area contributed by atoms with Crippen molar-refractivity contribution in [2.75, 3.05) is 12.8 Å². The van der Waals surface area contributed by atoms with E-state index in [9.17, 15) is 4.79 Å². The van der Waals surface area contributed by atoms with Crippen LogP contribution in [-0.4, -0.2) is 23.9 Å². The third-order valence-corrected chi connectivity index (χ3v) is 2.75. The number of anilines is 1. The summed E-state index contributed by atoms with van der Waals surface area (Å²) in [5.41, 5.74) is 7.55. The number of rotatable bonds is 4. The molecule has 88 valence electrons. The van der Waals surface area contributed by atoms with Gasteiger partial charge in [-0.1, -0.05) is 12.1 Å². The second-order valence-electron chi connectivity index (χ2n) is 4.34. The van der Waals surface area contributed by atoms with Crippen molar-refractivity contribution in [3.8, 4) is 0 Å². The standard InChI is InChI=1S/C13H20N2O/c1-10(2)15(3)13(16)8-7-11-5-4-6-12(14)9-11/h4-6,9-10H,7-8,14H2,1-3H3. The average Bonchev–Trinajstić information content (AvgIpc) is 2.24. The number of aryl methyl sites for hydroxylation is 1. The van der Waals surface area contributed by atoms with Gasteiger partial charge in [0.05, 0.1) is 0 Å². The number of benzene rings is 1. The first-order valence-corrected chi connectivity index (χ1v) is 5.60. The van der Waals surface area contributed by atoms with Gasteiger partial charge in [-0.2, -0.15) is 0 Å². The summed E-state index contributed by atoms with van der Waals surface area (Å²) in [4.78, 5) is 13.5. The Morgan fingerprint density at radius 2 is 2.12 bits per heavy atom. The van der Waals surface area contributed by atoms with E-state index in [1.165, 1.54) is 0 Å². The van der Waals surface area contributed by atoms with Gasteiger partial charge in [0.15, 0.2) is 0 Å². The molecule has 3 nitrogen and oxygen atoms in total. The Kier molecular flexibility index (Phi) is 4.35. The Labute approximate surface area is 97.2 Å². The molecule has 1 aromatic carbocycles. The van der Waals surface area contributed by atoms with Gasteiger partial charge in [0.25, 0.3) is 0 Å². The van der Waals surface area contributed by atoms with Crippen LogP contribution in [0.2, 0.25) is 0 Å². The summed E-state index contributed by atoms with van der Waals surface area (Å²) >= 11 is 0. The van der Waals surface area contributed by atoms with Crippen molar-refractivity contribution in [1.82, 2.24) is 4.90 Å². The Morgan fingerprint density at radius 1 is 1.44 bits per heavy atom. The van der Waals surface area contributed by atoms with Crippen LogP contribution in [0.3, 0.4) is 0 Å². The van der Waals surface area contributed by atoms with Crippen molar-refractivity contribution in [3.63, 3.8) is 0 Å². The first kappa shape index (κ1) is 12.6. The number of nitrogens with zero attached hydrogens (tertiary/aromatic N) is 1. The van der Waals surface area contributed by atoms with Crippen LogP contribution >= 0.6 is 0 Å². The molecular formula is C13H20N2O. The van der Waals surface area contributed by atoms with E-state index in [4.69, 9.17) is 5.73 Å². The molecule has 0 fully saturated rings. The van der Waals surface area contributed by atoms with Gasteiger partial charge in [-0.15, -0.1) is 0 Å². The van der Waals surface area contributed by atoms with Crippen molar-refractivity contribution < 1.29 is 4.79 Å². The molecule has 0 saturated heterocycles. The zero-order valence-corrected chi connectivity index (χ0v) is 10.2. The predicted octanol–water partition coefficient (Wildman–Crippen LogP) is 2.07. The number of carbonyl (C=O) groups is 1. The minimum absolute atomic E-state index is 0.178. The van der Waals surface area contributed by atoms with Gasteiger partial charge >= 0.3 is 0 Å². The van der Waals surface area contributed by atoms with Gasteiger partial charge < -0.3 is 10.6 Å². The van der Waals surface area contributed by atoms with Gasteiger partial charge in [0.2, 0.25) is 5.91 Å². The lowest BCUT2D eigenvalue weighted by Crippen LogP contribution is -2.33. The Morgan fingerprint density at radius 3 is 2.69 bits per heavy atom. The molecule has 1 rings (SSSR count). The fourth-order valence-corrected chi connectivity index (χ4v) is 1.46. The number of nitrogen functional groups attached to an aromatic ring is 1. The van der Waals surface area contributed by atoms with E-state index in [-0.39, 0.29) is 11.9 Å². The minimum Gasteiger partial charge on any atom is -0.399 e. The highest BCUT2D eigenvalue weighted by atomic mass is 16.2. The van der Waals surface area contributed by atoms with Gasteiger partial charge in [-0.05, 0) is 38.0 Å². The predicted molar refractivity (Wildman–Crippen MR) is 67.1 cm³/mol. The molecule has 3 heteroatoms. The normalized spacial score (nSPS) is 10.5. The van der Waals surface area contributed by atoms with E-state index in [0.29, 0.717) is 6.42 Å². The van der Waals surface area contributed by atoms with Crippen molar-refractivity contribution in [2.24, 2.45) is 0 Å². The maximum Gasteiger partial charge on any atom is 0.222 e. The first-order chi connectivity index (χ1) is 7.50. The molecule has 2 N–H and O–H groups in total. The summed E-state index contributed by atoms with van der Waals surface area (Å²) in [7, 11) is 1.84. The zero-order chi connectivity index (χ0) is 12.1. The third kappa shape index (κ3) is 3.57. The Hall–Kier alpha value is -1.51. The van der Waals surface area contributed by atoms with E-state index < -0.39 is 0 Å². The molecular weight excluding hydrogens is 200 g/mol. The van der Waals surface area contributed by atoms with Crippen LogP contribution in [0.1, 0.15) is 25.8 Å². The van der Waals surface area contributed by atoms with Gasteiger partial charge in [0, 0.05) is 25.2 Å². The molecule has 1 amide bonds. The largest absolute Gasteiger partial charge is 0.399 e. The van der Waals surface area contributed by atoms with Crippen LogP contribution in [-0.2, 0) is 11.2 Å². The number of nitrogens with two attached hydrogens (primary N) is 1. The molecule has 0 atom stereocenters. The summed E-state index contributed by atoms with van der Waals surface area (Å²) in [5, 5.41) is 0. The maximum atomic E-state index is 11.7. The molecule has 0 aliphatic heterocycles. The van der Waals surface area contributed by atoms with Crippen LogP contribution in [0.25, 0.3) is 0 Å². The zero-order valence-electron chi connectivity index (χ0n) is 10.2. The van der Waals surface area contributed by atoms with Crippen molar-refractivity contribution >= 4 is 11.6 Å². The molecule has 0 saturated carbocycles. The lowest BCUT2D eigenvalue weighted by molar-refractivity contribution is -0.131. The molecule has 0 spiro atoms. The summed E-state index contributed by atoms with van der Waals surface area (Å²) in [6.45, 7) is 4.02. The molecule has 0 unspecified atom stereocenters. The number of hydrogen-bond donors (Lipinski definition) is 1. The van der Waals surface area contributed by atoms with Gasteiger partial charge in [-0.25, -0.2) is 0 Å². The summed E-state index contributed by atoms with van der Waals surface area (Å²) in [5.74, 6) is 0.178. The monoisotopic (exact) mass is 220 g/mol. The fourth-order valence-electron chi connectivity index (χ4n) is 1.46. The molecule has 0 aliphatic rings. The number of amides is 1. The molecule has 0 radical (unpaired) electrons. The number of carbonyl (C=O) groups excluding carboxylic acids is 1. The van der Waals surface area contributed by atoms with Crippen molar-refractivity contribution in [3.05, 3.63) is 29.8 Å². The average molecular weight is 220 g/mol. The summed E-state index contributed by atoms with van der Waals surface area (Å²) in [6, 6.07) is 7.95. The molecule has 0 aromatic heterocycles. The second kappa shape index (κ2) is 5.54. The van der Waals surface area contributed by atoms with E-state index in [0.717, 1.165) is 17.7 Å². The van der Waals surface area contributed by atoms with E-state index in [2.05, 4.69) is 0 Å². The van der Waals surface area contributed by atoms with Crippen LogP contribution in [0.15, 0.2) is 24.3 Å². The molecule has 1 aromatic rings. The van der Waals surface area contributed by atoms with Crippen molar-refractivity contribution in [1.29, 1.82) is 0 Å². The smallest absolute Gasteiger partial charge is 0.222 e. The third-order valence-electron chi connectivity index (χ3n) is 2.75. The molecule has 0 bridgehead atoms. The van der Waals surface area contributed by atoms with E-state index in [1.54, 1.807) is 4.90 Å². The first-order valence-electron chi connectivity index (χ1n) is 5.60. The fraction of sp³-hybridized carbons (Fsp3) is 0.462. The highest BCUT2D eigenvalue weighted by molar-refractivity contribution is 5.76. The lowest BCUT2D eigenvalue weighted by Gasteiger charge is -2.21. The van der Waals surface area contributed by atoms with E-state index in [1.807, 2.05) is 45.2 Å². The SMILES string of the molecule is CC(C)N(C)C(=O)CCc1cccc(N)c1. The Bertz CT molecular complexity index is 361. The molecule has 16 heavy (non-hydrogen) atoms. The van der Waals surface area contributed by atoms with Crippen LogP contribution in [0.5, 0.6) is 0 Å². The quantitative estimate of drug-likeness (QED) is 0.789. The van der Waals surface area contributed by atoms with Gasteiger partial charge in [0.1, 0.15) is 0 Å². The maximum absolute atomic E-state index is 11.7. The second-order valence-corrected chi connectivity index (χ2v) is 4.34. The van der Waals surface area contributed by atoms with Crippen LogP contribution in [0, 0.1) is 0 Å². The summed E-state index contributed by atoms with van der Waals surface area (Å²) in [6.07, 6.45) is 1.29. The van der Waals surface area contributed by atoms with E-state index >= 15 is 0 Å². The van der Waals surface area contributed by atoms with Gasteiger partial charge in [-0.3, -0.25) is 4.79 Å². The van der Waals surface area contributed by atoms with Crippen LogP contribution < -0.4 is 5.73 Å². The highest BCUT2D eigenvalue weighted by Gasteiger charge is 2.11. The summed E-state index contributed by atoms with van der Waals surface area (Å²) < 4.78 is 0. The molecule has 0 heterocycles. The number of hydrogen-bond acceptors (Lipinski definition) is 2. The molecule has 0 aliphatic carbocycles. The van der Waals surface area contributed by atoms with Crippen molar-refractivity contribution in [2.45, 2.75) is 32.7 Å². The highest BCUT2D eigenvalue weighted by Crippen LogP contribution is 2.10. The Balaban J connectivity index is 2.49. The topological polar surface area (TPSA) is 46.3 Å². The van der Waals surface area contributed by atoms with Crippen LogP contribution in [0.4, 0.5) is 5.69 Å². The lowest BCUT2D eigenvalue weighted by atomic mass is 10.1.